The monoisotopic (exact) mass is 389 g/mol. The molecule has 3 rings (SSSR count). The summed E-state index contributed by atoms with van der Waals surface area (Å²) >= 11 is 1.49. The van der Waals surface area contributed by atoms with E-state index in [0.29, 0.717) is 25.2 Å². The number of nitrogens with zero attached hydrogens (tertiary/aromatic N) is 1. The van der Waals surface area contributed by atoms with E-state index in [-0.39, 0.29) is 11.9 Å². The molecule has 1 heterocycles. The minimum absolute atomic E-state index is 0.0713. The summed E-state index contributed by atoms with van der Waals surface area (Å²) in [6, 6.07) is 12.7. The molecule has 0 saturated carbocycles. The molecule has 144 valence electrons. The molecular weight excluding hydrogens is 365 g/mol. The Morgan fingerprint density at radius 2 is 2.00 bits per heavy atom. The second-order valence-corrected chi connectivity index (χ2v) is 7.97. The summed E-state index contributed by atoms with van der Waals surface area (Å²) in [5, 5.41) is 12.1. The van der Waals surface area contributed by atoms with Crippen LogP contribution in [0.2, 0.25) is 0 Å². The molecule has 0 bridgehead atoms. The fourth-order valence-corrected chi connectivity index (χ4v) is 4.36. The van der Waals surface area contributed by atoms with Gasteiger partial charge in [0.05, 0.1) is 24.0 Å². The van der Waals surface area contributed by atoms with Crippen molar-refractivity contribution >= 4 is 17.5 Å². The van der Waals surface area contributed by atoms with Gasteiger partial charge in [0.25, 0.3) is 0 Å². The molecule has 6 heteroatoms. The van der Waals surface area contributed by atoms with Gasteiger partial charge in [0, 0.05) is 29.7 Å². The summed E-state index contributed by atoms with van der Waals surface area (Å²) in [6.07, 6.45) is 1.48. The summed E-state index contributed by atoms with van der Waals surface area (Å²) < 4.78 is 25.9. The first-order chi connectivity index (χ1) is 13.0. The van der Waals surface area contributed by atoms with E-state index in [2.05, 4.69) is 5.16 Å². The normalized spacial score (nSPS) is 23.4. The Kier molecular flexibility index (Phi) is 6.19. The molecule has 1 N–H and O–H groups in total. The molecule has 0 spiro atoms. The molecule has 0 amide bonds. The zero-order valence-electron chi connectivity index (χ0n) is 15.7. The van der Waals surface area contributed by atoms with Crippen LogP contribution in [0, 0.1) is 5.82 Å². The van der Waals surface area contributed by atoms with Crippen molar-refractivity contribution in [2.24, 2.45) is 5.16 Å². The molecule has 2 aromatic rings. The van der Waals surface area contributed by atoms with Gasteiger partial charge in [0.1, 0.15) is 5.82 Å². The maximum absolute atomic E-state index is 14.4. The summed E-state index contributed by atoms with van der Waals surface area (Å²) in [4.78, 5) is 1.80. The lowest BCUT2D eigenvalue weighted by Gasteiger charge is -2.39. The smallest absolute Gasteiger partial charge is 0.124 e. The molecule has 0 radical (unpaired) electrons. The highest BCUT2D eigenvalue weighted by molar-refractivity contribution is 7.99. The summed E-state index contributed by atoms with van der Waals surface area (Å²) in [7, 11) is 1.68. The van der Waals surface area contributed by atoms with Crippen LogP contribution >= 0.6 is 11.8 Å². The molecule has 1 aliphatic rings. The molecule has 1 saturated heterocycles. The van der Waals surface area contributed by atoms with Crippen molar-refractivity contribution in [3.63, 3.8) is 0 Å². The van der Waals surface area contributed by atoms with Crippen LogP contribution in [-0.2, 0) is 15.1 Å². The maximum Gasteiger partial charge on any atom is 0.124 e. The molecule has 1 fully saturated rings. The number of ether oxygens (including phenoxy) is 2. The van der Waals surface area contributed by atoms with Gasteiger partial charge >= 0.3 is 0 Å². The van der Waals surface area contributed by atoms with Gasteiger partial charge in [0.2, 0.25) is 0 Å². The van der Waals surface area contributed by atoms with Crippen LogP contribution in [0.4, 0.5) is 4.39 Å². The number of rotatable bonds is 5. The highest BCUT2D eigenvalue weighted by Crippen LogP contribution is 2.40. The van der Waals surface area contributed by atoms with Crippen LogP contribution in [-0.4, -0.2) is 30.7 Å². The lowest BCUT2D eigenvalue weighted by Crippen LogP contribution is -2.39. The largest absolute Gasteiger partial charge is 0.411 e. The fourth-order valence-electron chi connectivity index (χ4n) is 3.46. The van der Waals surface area contributed by atoms with E-state index in [0.717, 1.165) is 20.9 Å². The molecule has 0 aromatic heterocycles. The summed E-state index contributed by atoms with van der Waals surface area (Å²) in [6.45, 7) is 4.35. The van der Waals surface area contributed by atoms with Gasteiger partial charge in [-0.05, 0) is 55.3 Å². The van der Waals surface area contributed by atoms with Gasteiger partial charge in [-0.3, -0.25) is 0 Å². The van der Waals surface area contributed by atoms with E-state index in [4.69, 9.17) is 14.7 Å². The minimum atomic E-state index is -0.520. The minimum Gasteiger partial charge on any atom is -0.411 e. The van der Waals surface area contributed by atoms with Crippen molar-refractivity contribution < 1.29 is 19.1 Å². The summed E-state index contributed by atoms with van der Waals surface area (Å²) in [5.74, 6) is -0.273. The third kappa shape index (κ3) is 4.51. The summed E-state index contributed by atoms with van der Waals surface area (Å²) in [5.41, 5.74) is 1.72. The quantitative estimate of drug-likeness (QED) is 0.433. The predicted molar refractivity (Wildman–Crippen MR) is 104 cm³/mol. The standard InChI is InChI=1S/C21H24FNO3S/c1-14-13-21(25-3,8-9-26-14)17-10-18(22)12-20(11-17)27-19-6-4-16(5-7-19)15(2)23-24/h4-7,10-12,14,24H,8-9,13H2,1-3H3/t14-,21+/m0/s1. The Morgan fingerprint density at radius 1 is 1.26 bits per heavy atom. The number of benzene rings is 2. The van der Waals surface area contributed by atoms with Crippen LogP contribution < -0.4 is 0 Å². The zero-order valence-corrected chi connectivity index (χ0v) is 16.6. The Balaban J connectivity index is 1.87. The highest BCUT2D eigenvalue weighted by Gasteiger charge is 2.38. The van der Waals surface area contributed by atoms with Crippen LogP contribution in [0.1, 0.15) is 37.8 Å². The third-order valence-electron chi connectivity index (χ3n) is 4.97. The fraction of sp³-hybridized carbons (Fsp3) is 0.381. The van der Waals surface area contributed by atoms with E-state index >= 15 is 0 Å². The van der Waals surface area contributed by atoms with Crippen molar-refractivity contribution in [1.29, 1.82) is 0 Å². The lowest BCUT2D eigenvalue weighted by atomic mass is 9.83. The number of methoxy groups -OCH3 is 1. The van der Waals surface area contributed by atoms with Crippen molar-refractivity contribution in [3.05, 3.63) is 59.4 Å². The molecule has 2 atom stereocenters. The first kappa shape index (κ1) is 19.9. The SMILES string of the molecule is CO[C@]1(c2cc(F)cc(Sc3ccc(C(C)=NO)cc3)c2)CCO[C@@H](C)C1. The Labute approximate surface area is 163 Å². The first-order valence-electron chi connectivity index (χ1n) is 8.90. The zero-order chi connectivity index (χ0) is 19.4. The molecule has 2 aromatic carbocycles. The van der Waals surface area contributed by atoms with E-state index in [1.54, 1.807) is 20.1 Å². The Morgan fingerprint density at radius 3 is 2.63 bits per heavy atom. The van der Waals surface area contributed by atoms with Crippen molar-refractivity contribution in [3.8, 4) is 0 Å². The van der Waals surface area contributed by atoms with Crippen LogP contribution in [0.25, 0.3) is 0 Å². The number of halogens is 1. The molecule has 0 unspecified atom stereocenters. The molecule has 0 aliphatic carbocycles. The van der Waals surface area contributed by atoms with Crippen LogP contribution in [0.5, 0.6) is 0 Å². The van der Waals surface area contributed by atoms with Gasteiger partial charge in [-0.15, -0.1) is 0 Å². The lowest BCUT2D eigenvalue weighted by molar-refractivity contribution is -0.122. The van der Waals surface area contributed by atoms with Crippen molar-refractivity contribution in [2.75, 3.05) is 13.7 Å². The van der Waals surface area contributed by atoms with Crippen molar-refractivity contribution in [2.45, 2.75) is 48.2 Å². The topological polar surface area (TPSA) is 51.0 Å². The van der Waals surface area contributed by atoms with Gasteiger partial charge in [0.15, 0.2) is 0 Å². The van der Waals surface area contributed by atoms with E-state index in [1.165, 1.54) is 17.8 Å². The highest BCUT2D eigenvalue weighted by atomic mass is 32.2. The predicted octanol–water partition coefficient (Wildman–Crippen LogP) is 5.22. The van der Waals surface area contributed by atoms with E-state index in [1.807, 2.05) is 37.3 Å². The molecule has 4 nitrogen and oxygen atoms in total. The molecule has 1 aliphatic heterocycles. The second kappa shape index (κ2) is 8.42. The first-order valence-corrected chi connectivity index (χ1v) is 9.72. The van der Waals surface area contributed by atoms with Gasteiger partial charge in [-0.25, -0.2) is 4.39 Å². The van der Waals surface area contributed by atoms with Crippen molar-refractivity contribution in [1.82, 2.24) is 0 Å². The molecular formula is C21H24FNO3S. The van der Waals surface area contributed by atoms with Gasteiger partial charge < -0.3 is 14.7 Å². The van der Waals surface area contributed by atoms with E-state index < -0.39 is 5.60 Å². The van der Waals surface area contributed by atoms with Crippen LogP contribution in [0.3, 0.4) is 0 Å². The second-order valence-electron chi connectivity index (χ2n) is 6.82. The third-order valence-corrected chi connectivity index (χ3v) is 5.95. The Bertz CT molecular complexity index is 825. The van der Waals surface area contributed by atoms with Gasteiger partial charge in [-0.1, -0.05) is 29.1 Å². The molecule has 27 heavy (non-hydrogen) atoms. The number of hydrogen-bond acceptors (Lipinski definition) is 5. The van der Waals surface area contributed by atoms with E-state index in [9.17, 15) is 4.39 Å². The Hall–Kier alpha value is -1.89. The average Bonchev–Trinajstić information content (AvgIpc) is 2.67. The maximum atomic E-state index is 14.4. The average molecular weight is 389 g/mol. The number of hydrogen-bond donors (Lipinski definition) is 1. The number of oxime groups is 1. The van der Waals surface area contributed by atoms with Crippen LogP contribution in [0.15, 0.2) is 57.4 Å². The van der Waals surface area contributed by atoms with Gasteiger partial charge in [-0.2, -0.15) is 0 Å².